The van der Waals surface area contributed by atoms with Crippen LogP contribution in [0.25, 0.3) is 0 Å². The van der Waals surface area contributed by atoms with Gasteiger partial charge < -0.3 is 16.0 Å². The molecule has 1 aromatic rings. The largest absolute Gasteiger partial charge is 0.367 e. The summed E-state index contributed by atoms with van der Waals surface area (Å²) in [4.78, 5) is 8.67. The maximum atomic E-state index is 6.04. The maximum absolute atomic E-state index is 6.04. The molecule has 1 heterocycles. The Morgan fingerprint density at radius 2 is 2.24 bits per heavy atom. The van der Waals surface area contributed by atoms with Gasteiger partial charge in [0.2, 0.25) is 0 Å². The Morgan fingerprint density at radius 3 is 2.86 bits per heavy atom. The number of guanidine groups is 1. The quantitative estimate of drug-likeness (QED) is 0.426. The number of aliphatic imine (C=N–C) groups is 1. The Morgan fingerprint density at radius 1 is 1.48 bits per heavy atom. The Labute approximate surface area is 135 Å². The fourth-order valence-corrected chi connectivity index (χ4v) is 2.35. The van der Waals surface area contributed by atoms with E-state index >= 15 is 0 Å². The molecule has 3 N–H and O–H groups in total. The summed E-state index contributed by atoms with van der Waals surface area (Å²) in [5, 5.41) is 10.9. The maximum Gasteiger partial charge on any atom is 0.191 e. The lowest BCUT2D eigenvalue weighted by Crippen LogP contribution is -2.39. The summed E-state index contributed by atoms with van der Waals surface area (Å²) in [5.41, 5.74) is 0. The summed E-state index contributed by atoms with van der Waals surface area (Å²) in [6, 6.07) is 2.23. The van der Waals surface area contributed by atoms with E-state index in [2.05, 4.69) is 39.8 Å². The number of nitrogens with zero attached hydrogens (tertiary/aromatic N) is 2. The van der Waals surface area contributed by atoms with E-state index in [1.54, 1.807) is 12.3 Å². The molecular formula is C14H21Cl2N5. The lowest BCUT2D eigenvalue weighted by atomic mass is 10.4. The fourth-order valence-electron chi connectivity index (χ4n) is 1.91. The van der Waals surface area contributed by atoms with Gasteiger partial charge in [0.15, 0.2) is 5.96 Å². The Bertz CT molecular complexity index is 506. The lowest BCUT2D eigenvalue weighted by molar-refractivity contribution is 0.767. The van der Waals surface area contributed by atoms with Gasteiger partial charge in [-0.05, 0) is 25.3 Å². The number of anilines is 1. The van der Waals surface area contributed by atoms with Gasteiger partial charge in [-0.25, -0.2) is 4.98 Å². The Balaban J connectivity index is 1.79. The molecule has 0 saturated heterocycles. The summed E-state index contributed by atoms with van der Waals surface area (Å²) in [7, 11) is 0. The van der Waals surface area contributed by atoms with Gasteiger partial charge in [-0.3, -0.25) is 4.99 Å². The van der Waals surface area contributed by atoms with Crippen molar-refractivity contribution in [2.24, 2.45) is 10.9 Å². The highest BCUT2D eigenvalue weighted by Crippen LogP contribution is 2.28. The van der Waals surface area contributed by atoms with E-state index in [1.807, 2.05) is 0 Å². The molecule has 2 atom stereocenters. The molecule has 1 aromatic heterocycles. The van der Waals surface area contributed by atoms with Crippen LogP contribution in [0, 0.1) is 5.92 Å². The zero-order valence-corrected chi connectivity index (χ0v) is 13.8. The highest BCUT2D eigenvalue weighted by Gasteiger charge is 2.33. The predicted octanol–water partition coefficient (Wildman–Crippen LogP) is 2.76. The summed E-state index contributed by atoms with van der Waals surface area (Å²) in [6.45, 7) is 6.44. The molecule has 2 unspecified atom stereocenters. The molecule has 0 aliphatic heterocycles. The number of hydrogen-bond acceptors (Lipinski definition) is 3. The first-order chi connectivity index (χ1) is 10.1. The van der Waals surface area contributed by atoms with Crippen LogP contribution in [0.2, 0.25) is 10.0 Å². The number of rotatable bonds is 6. The molecule has 5 nitrogen and oxygen atoms in total. The van der Waals surface area contributed by atoms with Gasteiger partial charge >= 0.3 is 0 Å². The third-order valence-corrected chi connectivity index (χ3v) is 3.75. The molecule has 1 fully saturated rings. The van der Waals surface area contributed by atoms with Gasteiger partial charge in [0.1, 0.15) is 5.82 Å². The van der Waals surface area contributed by atoms with Gasteiger partial charge in [-0.1, -0.05) is 30.1 Å². The molecule has 0 amide bonds. The summed E-state index contributed by atoms with van der Waals surface area (Å²) < 4.78 is 0. The van der Waals surface area contributed by atoms with Crippen LogP contribution < -0.4 is 16.0 Å². The Kier molecular flexibility index (Phi) is 5.94. The van der Waals surface area contributed by atoms with Crippen LogP contribution >= 0.6 is 23.2 Å². The monoisotopic (exact) mass is 329 g/mol. The van der Waals surface area contributed by atoms with Crippen LogP contribution in [-0.4, -0.2) is 36.6 Å². The minimum absolute atomic E-state index is 0.517. The molecule has 1 aliphatic rings. The number of hydrogen-bond donors (Lipinski definition) is 3. The molecule has 0 spiro atoms. The van der Waals surface area contributed by atoms with Crippen molar-refractivity contribution in [1.82, 2.24) is 15.6 Å². The molecule has 1 aliphatic carbocycles. The summed E-state index contributed by atoms with van der Waals surface area (Å²) >= 11 is 11.9. The van der Waals surface area contributed by atoms with Gasteiger partial charge in [0.05, 0.1) is 16.6 Å². The second kappa shape index (κ2) is 7.71. The summed E-state index contributed by atoms with van der Waals surface area (Å²) in [5.74, 6) is 2.23. The smallest absolute Gasteiger partial charge is 0.191 e. The molecule has 2 rings (SSSR count). The van der Waals surface area contributed by atoms with Gasteiger partial charge in [0, 0.05) is 25.3 Å². The van der Waals surface area contributed by atoms with E-state index < -0.39 is 0 Å². The molecular weight excluding hydrogens is 309 g/mol. The fraction of sp³-hybridized carbons (Fsp3) is 0.571. The molecule has 7 heteroatoms. The van der Waals surface area contributed by atoms with Crippen LogP contribution in [0.4, 0.5) is 5.82 Å². The first-order valence-corrected chi connectivity index (χ1v) is 7.95. The zero-order chi connectivity index (χ0) is 15.2. The first-order valence-electron chi connectivity index (χ1n) is 7.20. The van der Waals surface area contributed by atoms with Gasteiger partial charge in [0.25, 0.3) is 0 Å². The van der Waals surface area contributed by atoms with Crippen LogP contribution in [0.15, 0.2) is 17.3 Å². The van der Waals surface area contributed by atoms with E-state index in [0.717, 1.165) is 18.4 Å². The van der Waals surface area contributed by atoms with E-state index in [0.29, 0.717) is 35.0 Å². The minimum Gasteiger partial charge on any atom is -0.367 e. The van der Waals surface area contributed by atoms with Crippen LogP contribution in [0.5, 0.6) is 0 Å². The average molecular weight is 330 g/mol. The topological polar surface area (TPSA) is 61.3 Å². The van der Waals surface area contributed by atoms with Crippen molar-refractivity contribution in [3.63, 3.8) is 0 Å². The predicted molar refractivity (Wildman–Crippen MR) is 89.4 cm³/mol. The second-order valence-corrected chi connectivity index (χ2v) is 5.98. The third kappa shape index (κ3) is 5.25. The van der Waals surface area contributed by atoms with Crippen molar-refractivity contribution < 1.29 is 0 Å². The molecule has 21 heavy (non-hydrogen) atoms. The molecule has 0 radical (unpaired) electrons. The highest BCUT2D eigenvalue weighted by molar-refractivity contribution is 6.35. The van der Waals surface area contributed by atoms with Crippen LogP contribution in [-0.2, 0) is 0 Å². The van der Waals surface area contributed by atoms with Crippen LogP contribution in [0.3, 0.4) is 0 Å². The Hall–Kier alpha value is -1.20. The van der Waals surface area contributed by atoms with Crippen molar-refractivity contribution >= 4 is 35.0 Å². The normalized spacial score (nSPS) is 21.0. The van der Waals surface area contributed by atoms with Crippen molar-refractivity contribution in [2.45, 2.75) is 26.3 Å². The third-order valence-electron chi connectivity index (χ3n) is 3.26. The first kappa shape index (κ1) is 16.2. The standard InChI is InChI=1S/C14H21Cl2N5/c1-3-17-14(21-12-6-9(12)2)19-5-4-18-13-11(16)7-10(15)8-20-13/h7-9,12H,3-6H2,1-2H3,(H,18,20)(H2,17,19,21). The number of pyridine rings is 1. The SMILES string of the molecule is CCNC(=NCCNc1ncc(Cl)cc1Cl)NC1CC1C. The number of halogens is 2. The molecule has 116 valence electrons. The molecule has 0 aromatic carbocycles. The van der Waals surface area contributed by atoms with Crippen molar-refractivity contribution in [3.05, 3.63) is 22.3 Å². The van der Waals surface area contributed by atoms with E-state index in [-0.39, 0.29) is 0 Å². The number of aromatic nitrogens is 1. The van der Waals surface area contributed by atoms with E-state index in [1.165, 1.54) is 6.42 Å². The second-order valence-electron chi connectivity index (χ2n) is 5.14. The molecule has 1 saturated carbocycles. The lowest BCUT2D eigenvalue weighted by Gasteiger charge is -2.11. The minimum atomic E-state index is 0.517. The van der Waals surface area contributed by atoms with Crippen LogP contribution in [0.1, 0.15) is 20.3 Å². The van der Waals surface area contributed by atoms with E-state index in [4.69, 9.17) is 23.2 Å². The van der Waals surface area contributed by atoms with E-state index in [9.17, 15) is 0 Å². The van der Waals surface area contributed by atoms with Crippen molar-refractivity contribution in [3.8, 4) is 0 Å². The number of nitrogens with one attached hydrogen (secondary N) is 3. The highest BCUT2D eigenvalue weighted by atomic mass is 35.5. The van der Waals surface area contributed by atoms with Crippen molar-refractivity contribution in [1.29, 1.82) is 0 Å². The van der Waals surface area contributed by atoms with Gasteiger partial charge in [-0.2, -0.15) is 0 Å². The van der Waals surface area contributed by atoms with Crippen molar-refractivity contribution in [2.75, 3.05) is 25.0 Å². The average Bonchev–Trinajstić information content (AvgIpc) is 3.12. The zero-order valence-electron chi connectivity index (χ0n) is 12.3. The summed E-state index contributed by atoms with van der Waals surface area (Å²) in [6.07, 6.45) is 2.78. The molecule has 0 bridgehead atoms. The van der Waals surface area contributed by atoms with Gasteiger partial charge in [-0.15, -0.1) is 0 Å².